The molecule has 0 aliphatic carbocycles. The van der Waals surface area contributed by atoms with E-state index in [1.165, 1.54) is 0 Å². The molecule has 84 valence electrons. The summed E-state index contributed by atoms with van der Waals surface area (Å²) >= 11 is 2.02. The van der Waals surface area contributed by atoms with E-state index in [2.05, 4.69) is 4.98 Å². The zero-order valence-corrected chi connectivity index (χ0v) is 11.5. The van der Waals surface area contributed by atoms with Gasteiger partial charge in [-0.05, 0) is 43.4 Å². The Balaban J connectivity index is 3.08. The maximum Gasteiger partial charge on any atom is 0.267 e. The molecule has 15 heavy (non-hydrogen) atoms. The molecule has 4 nitrogen and oxygen atoms in total. The highest BCUT2D eigenvalue weighted by molar-refractivity contribution is 14.1. The van der Waals surface area contributed by atoms with Crippen molar-refractivity contribution in [2.45, 2.75) is 32.9 Å². The molecule has 1 rings (SSSR count). The van der Waals surface area contributed by atoms with Crippen LogP contribution >= 0.6 is 22.6 Å². The highest BCUT2D eigenvalue weighted by Gasteiger charge is 2.18. The minimum atomic E-state index is -0.357. The fourth-order valence-corrected chi connectivity index (χ4v) is 1.58. The van der Waals surface area contributed by atoms with Gasteiger partial charge in [0, 0.05) is 7.11 Å². The summed E-state index contributed by atoms with van der Waals surface area (Å²) in [5.74, 6) is 0. The Kier molecular flexibility index (Phi) is 3.88. The highest BCUT2D eigenvalue weighted by Crippen LogP contribution is 2.10. The van der Waals surface area contributed by atoms with Gasteiger partial charge in [0.05, 0.1) is 27.7 Å². The molecule has 0 saturated heterocycles. The van der Waals surface area contributed by atoms with Crippen molar-refractivity contribution < 1.29 is 4.74 Å². The molecule has 0 bridgehead atoms. The Morgan fingerprint density at radius 1 is 1.60 bits per heavy atom. The van der Waals surface area contributed by atoms with Crippen molar-refractivity contribution in [3.8, 4) is 0 Å². The van der Waals surface area contributed by atoms with E-state index in [0.717, 1.165) is 5.69 Å². The number of aromatic nitrogens is 2. The second kappa shape index (κ2) is 4.61. The second-order valence-corrected chi connectivity index (χ2v) is 5.12. The van der Waals surface area contributed by atoms with Gasteiger partial charge >= 0.3 is 0 Å². The highest BCUT2D eigenvalue weighted by atomic mass is 127. The van der Waals surface area contributed by atoms with Crippen molar-refractivity contribution in [3.63, 3.8) is 0 Å². The van der Waals surface area contributed by atoms with E-state index < -0.39 is 0 Å². The van der Waals surface area contributed by atoms with E-state index in [9.17, 15) is 4.79 Å². The van der Waals surface area contributed by atoms with Crippen LogP contribution in [0.1, 0.15) is 19.5 Å². The number of rotatable bonds is 3. The molecule has 1 heterocycles. The molecular formula is C10H15IN2O2. The SMILES string of the molecule is COC(C)(C)Cn1cnc(C)c(I)c1=O. The van der Waals surface area contributed by atoms with E-state index in [1.807, 2.05) is 43.4 Å². The summed E-state index contributed by atoms with van der Waals surface area (Å²) in [7, 11) is 1.64. The Morgan fingerprint density at radius 3 is 2.73 bits per heavy atom. The molecule has 0 saturated carbocycles. The normalized spacial score (nSPS) is 11.8. The third-order valence-corrected chi connectivity index (χ3v) is 3.50. The summed E-state index contributed by atoms with van der Waals surface area (Å²) in [6.07, 6.45) is 1.57. The molecule has 5 heteroatoms. The number of methoxy groups -OCH3 is 1. The van der Waals surface area contributed by atoms with Crippen LogP contribution in [-0.4, -0.2) is 22.3 Å². The lowest BCUT2D eigenvalue weighted by atomic mass is 10.1. The minimum Gasteiger partial charge on any atom is -0.377 e. The lowest BCUT2D eigenvalue weighted by molar-refractivity contribution is 0.00706. The molecular weight excluding hydrogens is 307 g/mol. The van der Waals surface area contributed by atoms with Crippen molar-refractivity contribution in [3.05, 3.63) is 25.9 Å². The fourth-order valence-electron chi connectivity index (χ4n) is 1.13. The molecule has 1 aromatic heterocycles. The predicted molar refractivity (Wildman–Crippen MR) is 67.0 cm³/mol. The number of ether oxygens (including phenoxy) is 1. The summed E-state index contributed by atoms with van der Waals surface area (Å²) in [5.41, 5.74) is 0.407. The van der Waals surface area contributed by atoms with Gasteiger partial charge in [0.1, 0.15) is 0 Å². The molecule has 0 aliphatic heterocycles. The van der Waals surface area contributed by atoms with E-state index in [0.29, 0.717) is 10.1 Å². The van der Waals surface area contributed by atoms with Crippen LogP contribution in [0.5, 0.6) is 0 Å². The smallest absolute Gasteiger partial charge is 0.267 e. The zero-order chi connectivity index (χ0) is 11.6. The van der Waals surface area contributed by atoms with Gasteiger partial charge in [0.25, 0.3) is 5.56 Å². The minimum absolute atomic E-state index is 0.00627. The van der Waals surface area contributed by atoms with E-state index in [4.69, 9.17) is 4.74 Å². The number of hydrogen-bond acceptors (Lipinski definition) is 3. The first kappa shape index (κ1) is 12.6. The van der Waals surface area contributed by atoms with Crippen molar-refractivity contribution >= 4 is 22.6 Å². The van der Waals surface area contributed by atoms with E-state index >= 15 is 0 Å². The molecule has 0 spiro atoms. The van der Waals surface area contributed by atoms with Gasteiger partial charge in [-0.3, -0.25) is 9.36 Å². The average molecular weight is 322 g/mol. The molecule has 0 N–H and O–H groups in total. The molecule has 0 atom stereocenters. The number of halogens is 1. The summed E-state index contributed by atoms with van der Waals surface area (Å²) in [5, 5.41) is 0. The van der Waals surface area contributed by atoms with Gasteiger partial charge < -0.3 is 4.74 Å². The molecule has 0 amide bonds. The first-order chi connectivity index (χ1) is 6.87. The Labute approximate surface area is 103 Å². The maximum absolute atomic E-state index is 11.8. The van der Waals surface area contributed by atoms with Crippen molar-refractivity contribution in [2.24, 2.45) is 0 Å². The van der Waals surface area contributed by atoms with Crippen LogP contribution in [0.15, 0.2) is 11.1 Å². The van der Waals surface area contributed by atoms with Gasteiger partial charge in [0.2, 0.25) is 0 Å². The third kappa shape index (κ3) is 3.01. The predicted octanol–water partition coefficient (Wildman–Crippen LogP) is 1.58. The van der Waals surface area contributed by atoms with Crippen LogP contribution in [0.3, 0.4) is 0 Å². The van der Waals surface area contributed by atoms with Crippen LogP contribution in [0.4, 0.5) is 0 Å². The van der Waals surface area contributed by atoms with Crippen molar-refractivity contribution in [1.29, 1.82) is 0 Å². The standard InChI is InChI=1S/C10H15IN2O2/c1-7-8(11)9(14)13(6-12-7)5-10(2,3)15-4/h6H,5H2,1-4H3. The lowest BCUT2D eigenvalue weighted by Crippen LogP contribution is -2.35. The summed E-state index contributed by atoms with van der Waals surface area (Å²) in [6.45, 7) is 6.21. The van der Waals surface area contributed by atoms with Gasteiger partial charge in [-0.2, -0.15) is 0 Å². The molecule has 0 aromatic carbocycles. The summed E-state index contributed by atoms with van der Waals surface area (Å²) in [4.78, 5) is 16.0. The number of hydrogen-bond donors (Lipinski definition) is 0. The zero-order valence-electron chi connectivity index (χ0n) is 9.37. The van der Waals surface area contributed by atoms with Crippen LogP contribution in [0.25, 0.3) is 0 Å². The average Bonchev–Trinajstić information content (AvgIpc) is 2.19. The second-order valence-electron chi connectivity index (χ2n) is 4.04. The number of aryl methyl sites for hydroxylation is 1. The quantitative estimate of drug-likeness (QED) is 0.794. The summed E-state index contributed by atoms with van der Waals surface area (Å²) < 4.78 is 7.53. The van der Waals surface area contributed by atoms with Gasteiger partial charge in [-0.1, -0.05) is 0 Å². The first-order valence-electron chi connectivity index (χ1n) is 4.64. The maximum atomic E-state index is 11.8. The van der Waals surface area contributed by atoms with Gasteiger partial charge in [-0.25, -0.2) is 4.98 Å². The third-order valence-electron chi connectivity index (χ3n) is 2.26. The van der Waals surface area contributed by atoms with Crippen molar-refractivity contribution in [1.82, 2.24) is 9.55 Å². The van der Waals surface area contributed by atoms with E-state index in [-0.39, 0.29) is 11.2 Å². The van der Waals surface area contributed by atoms with Gasteiger partial charge in [-0.15, -0.1) is 0 Å². The topological polar surface area (TPSA) is 44.1 Å². The molecule has 0 radical (unpaired) electrons. The Bertz CT molecular complexity index is 412. The Hall–Kier alpha value is -0.430. The largest absolute Gasteiger partial charge is 0.377 e. The molecule has 0 aliphatic rings. The monoisotopic (exact) mass is 322 g/mol. The molecule has 0 fully saturated rings. The van der Waals surface area contributed by atoms with E-state index in [1.54, 1.807) is 18.0 Å². The molecule has 0 unspecified atom stereocenters. The van der Waals surface area contributed by atoms with Crippen LogP contribution in [-0.2, 0) is 11.3 Å². The van der Waals surface area contributed by atoms with Crippen LogP contribution in [0, 0.1) is 10.5 Å². The van der Waals surface area contributed by atoms with Crippen molar-refractivity contribution in [2.75, 3.05) is 7.11 Å². The van der Waals surface area contributed by atoms with Crippen LogP contribution < -0.4 is 5.56 Å². The number of nitrogens with zero attached hydrogens (tertiary/aromatic N) is 2. The Morgan fingerprint density at radius 2 is 2.20 bits per heavy atom. The summed E-state index contributed by atoms with van der Waals surface area (Å²) in [6, 6.07) is 0. The first-order valence-corrected chi connectivity index (χ1v) is 5.72. The lowest BCUT2D eigenvalue weighted by Gasteiger charge is -2.23. The van der Waals surface area contributed by atoms with Crippen LogP contribution in [0.2, 0.25) is 0 Å². The molecule has 1 aromatic rings. The fraction of sp³-hybridized carbons (Fsp3) is 0.600. The van der Waals surface area contributed by atoms with Gasteiger partial charge in [0.15, 0.2) is 0 Å².